The largest absolute Gasteiger partial charge is 0.496 e. The maximum atomic E-state index is 10.9. The zero-order valence-corrected chi connectivity index (χ0v) is 9.47. The van der Waals surface area contributed by atoms with Crippen LogP contribution < -0.4 is 4.74 Å². The van der Waals surface area contributed by atoms with Crippen LogP contribution in [-0.2, 0) is 9.53 Å². The molecule has 0 saturated carbocycles. The second-order valence-corrected chi connectivity index (χ2v) is 3.12. The lowest BCUT2D eigenvalue weighted by molar-refractivity contribution is -0.134. The molecule has 90 valence electrons. The Morgan fingerprint density at radius 3 is 2.53 bits per heavy atom. The van der Waals surface area contributed by atoms with Gasteiger partial charge in [0.05, 0.1) is 19.8 Å². The van der Waals surface area contributed by atoms with Gasteiger partial charge in [0.15, 0.2) is 0 Å². The molecule has 0 aromatic heterocycles. The molecule has 0 atom stereocenters. The normalized spacial score (nSPS) is 10.2. The van der Waals surface area contributed by atoms with Gasteiger partial charge in [0, 0.05) is 11.6 Å². The Balaban J connectivity index is 3.10. The molecule has 0 bridgehead atoms. The summed E-state index contributed by atoms with van der Waals surface area (Å²) in [5.74, 6) is -1.08. The van der Waals surface area contributed by atoms with E-state index in [1.807, 2.05) is 0 Å². The SMILES string of the molecule is COC(=O)C=Cc1cc(C(=O)O)ccc1OC. The lowest BCUT2D eigenvalue weighted by Gasteiger charge is -2.05. The second-order valence-electron chi connectivity index (χ2n) is 3.12. The number of esters is 1. The molecule has 0 spiro atoms. The van der Waals surface area contributed by atoms with Crippen LogP contribution in [0, 0.1) is 0 Å². The fraction of sp³-hybridized carbons (Fsp3) is 0.167. The molecule has 0 aliphatic heterocycles. The van der Waals surface area contributed by atoms with Gasteiger partial charge >= 0.3 is 11.9 Å². The third-order valence-corrected chi connectivity index (χ3v) is 2.08. The summed E-state index contributed by atoms with van der Waals surface area (Å²) in [7, 11) is 2.73. The van der Waals surface area contributed by atoms with Crippen molar-refractivity contribution >= 4 is 18.0 Å². The van der Waals surface area contributed by atoms with E-state index in [1.165, 1.54) is 44.6 Å². The van der Waals surface area contributed by atoms with Gasteiger partial charge in [-0.15, -0.1) is 0 Å². The Hall–Kier alpha value is -2.30. The number of carbonyl (C=O) groups is 2. The molecule has 0 aliphatic carbocycles. The third-order valence-electron chi connectivity index (χ3n) is 2.08. The molecule has 17 heavy (non-hydrogen) atoms. The molecule has 1 aromatic rings. The Morgan fingerprint density at radius 2 is 2.00 bits per heavy atom. The van der Waals surface area contributed by atoms with Crippen LogP contribution in [0.5, 0.6) is 5.75 Å². The minimum atomic E-state index is -1.04. The number of rotatable bonds is 4. The Labute approximate surface area is 98.3 Å². The number of ether oxygens (including phenoxy) is 2. The predicted octanol–water partition coefficient (Wildman–Crippen LogP) is 1.58. The van der Waals surface area contributed by atoms with Gasteiger partial charge in [0.2, 0.25) is 0 Å². The van der Waals surface area contributed by atoms with E-state index in [4.69, 9.17) is 9.84 Å². The van der Waals surface area contributed by atoms with Gasteiger partial charge in [-0.1, -0.05) is 0 Å². The predicted molar refractivity (Wildman–Crippen MR) is 61.0 cm³/mol. The lowest BCUT2D eigenvalue weighted by atomic mass is 10.1. The molecular formula is C12H12O5. The maximum absolute atomic E-state index is 10.9. The summed E-state index contributed by atoms with van der Waals surface area (Å²) in [6, 6.07) is 4.37. The molecule has 0 aliphatic rings. The highest BCUT2D eigenvalue weighted by Crippen LogP contribution is 2.21. The van der Waals surface area contributed by atoms with Gasteiger partial charge in [-0.3, -0.25) is 0 Å². The van der Waals surface area contributed by atoms with Crippen LogP contribution in [0.25, 0.3) is 6.08 Å². The molecule has 5 heteroatoms. The molecule has 1 rings (SSSR count). The Morgan fingerprint density at radius 1 is 1.29 bits per heavy atom. The topological polar surface area (TPSA) is 72.8 Å². The first-order chi connectivity index (χ1) is 8.08. The van der Waals surface area contributed by atoms with Crippen molar-refractivity contribution in [2.75, 3.05) is 14.2 Å². The summed E-state index contributed by atoms with van der Waals surface area (Å²) in [4.78, 5) is 21.7. The molecule has 0 fully saturated rings. The summed E-state index contributed by atoms with van der Waals surface area (Å²) in [6.45, 7) is 0. The molecule has 0 saturated heterocycles. The maximum Gasteiger partial charge on any atom is 0.335 e. The fourth-order valence-corrected chi connectivity index (χ4v) is 1.22. The monoisotopic (exact) mass is 236 g/mol. The smallest absolute Gasteiger partial charge is 0.335 e. The highest BCUT2D eigenvalue weighted by molar-refractivity contribution is 5.91. The van der Waals surface area contributed by atoms with Crippen LogP contribution >= 0.6 is 0 Å². The summed E-state index contributed by atoms with van der Waals surface area (Å²) in [5.41, 5.74) is 0.619. The zero-order valence-electron chi connectivity index (χ0n) is 9.47. The fourth-order valence-electron chi connectivity index (χ4n) is 1.22. The van der Waals surface area contributed by atoms with E-state index < -0.39 is 11.9 Å². The molecule has 0 unspecified atom stereocenters. The van der Waals surface area contributed by atoms with Crippen LogP contribution in [0.2, 0.25) is 0 Å². The number of benzene rings is 1. The summed E-state index contributed by atoms with van der Waals surface area (Å²) in [5, 5.41) is 8.84. The number of hydrogen-bond acceptors (Lipinski definition) is 4. The average molecular weight is 236 g/mol. The first-order valence-electron chi connectivity index (χ1n) is 4.76. The van der Waals surface area contributed by atoms with E-state index >= 15 is 0 Å². The molecule has 5 nitrogen and oxygen atoms in total. The molecule has 0 radical (unpaired) electrons. The van der Waals surface area contributed by atoms with Crippen molar-refractivity contribution in [3.63, 3.8) is 0 Å². The van der Waals surface area contributed by atoms with Crippen LogP contribution in [0.15, 0.2) is 24.3 Å². The van der Waals surface area contributed by atoms with E-state index in [1.54, 1.807) is 0 Å². The molecule has 1 N–H and O–H groups in total. The van der Waals surface area contributed by atoms with Crippen LogP contribution in [0.1, 0.15) is 15.9 Å². The van der Waals surface area contributed by atoms with Crippen molar-refractivity contribution in [1.82, 2.24) is 0 Å². The van der Waals surface area contributed by atoms with Crippen LogP contribution in [-0.4, -0.2) is 31.3 Å². The van der Waals surface area contributed by atoms with Gasteiger partial charge in [-0.05, 0) is 24.3 Å². The van der Waals surface area contributed by atoms with E-state index in [0.717, 1.165) is 0 Å². The second kappa shape index (κ2) is 5.69. The van der Waals surface area contributed by atoms with Gasteiger partial charge < -0.3 is 14.6 Å². The van der Waals surface area contributed by atoms with Crippen molar-refractivity contribution in [1.29, 1.82) is 0 Å². The molecule has 1 aromatic carbocycles. The first kappa shape index (κ1) is 12.8. The quantitative estimate of drug-likeness (QED) is 0.634. The van der Waals surface area contributed by atoms with Gasteiger partial charge in [-0.2, -0.15) is 0 Å². The summed E-state index contributed by atoms with van der Waals surface area (Å²) < 4.78 is 9.49. The van der Waals surface area contributed by atoms with E-state index in [0.29, 0.717) is 11.3 Å². The zero-order chi connectivity index (χ0) is 12.8. The summed E-state index contributed by atoms with van der Waals surface area (Å²) >= 11 is 0. The first-order valence-corrected chi connectivity index (χ1v) is 4.76. The molecule has 0 amide bonds. The highest BCUT2D eigenvalue weighted by atomic mass is 16.5. The molecular weight excluding hydrogens is 224 g/mol. The number of aromatic carboxylic acids is 1. The Kier molecular flexibility index (Phi) is 4.28. The van der Waals surface area contributed by atoms with Crippen molar-refractivity contribution in [3.05, 3.63) is 35.4 Å². The highest BCUT2D eigenvalue weighted by Gasteiger charge is 2.07. The third kappa shape index (κ3) is 3.34. The Bertz CT molecular complexity index is 462. The van der Waals surface area contributed by atoms with Crippen LogP contribution in [0.4, 0.5) is 0 Å². The number of carboxylic acid groups (broad SMARTS) is 1. The van der Waals surface area contributed by atoms with Crippen molar-refractivity contribution in [3.8, 4) is 5.75 Å². The van der Waals surface area contributed by atoms with Crippen molar-refractivity contribution < 1.29 is 24.2 Å². The number of methoxy groups -OCH3 is 2. The van der Waals surface area contributed by atoms with E-state index in [2.05, 4.69) is 4.74 Å². The average Bonchev–Trinajstić information content (AvgIpc) is 2.35. The van der Waals surface area contributed by atoms with Gasteiger partial charge in [0.25, 0.3) is 0 Å². The summed E-state index contributed by atoms with van der Waals surface area (Å²) in [6.07, 6.45) is 2.64. The minimum absolute atomic E-state index is 0.121. The van der Waals surface area contributed by atoms with E-state index in [-0.39, 0.29) is 5.56 Å². The van der Waals surface area contributed by atoms with Crippen LogP contribution in [0.3, 0.4) is 0 Å². The van der Waals surface area contributed by atoms with E-state index in [9.17, 15) is 9.59 Å². The standard InChI is InChI=1S/C12H12O5/c1-16-10-5-3-9(12(14)15)7-8(10)4-6-11(13)17-2/h3-7H,1-2H3,(H,14,15). The lowest BCUT2D eigenvalue weighted by Crippen LogP contribution is -1.98. The van der Waals surface area contributed by atoms with Crippen molar-refractivity contribution in [2.45, 2.75) is 0 Å². The number of hydrogen-bond donors (Lipinski definition) is 1. The molecule has 0 heterocycles. The minimum Gasteiger partial charge on any atom is -0.496 e. The number of carboxylic acids is 1. The van der Waals surface area contributed by atoms with Crippen molar-refractivity contribution in [2.24, 2.45) is 0 Å². The van der Waals surface area contributed by atoms with Gasteiger partial charge in [0.1, 0.15) is 5.75 Å². The number of carbonyl (C=O) groups excluding carboxylic acids is 1. The van der Waals surface area contributed by atoms with Gasteiger partial charge in [-0.25, -0.2) is 9.59 Å².